The fourth-order valence-electron chi connectivity index (χ4n) is 3.09. The summed E-state index contributed by atoms with van der Waals surface area (Å²) in [5.41, 5.74) is 1.40. The Morgan fingerprint density at radius 2 is 2.15 bits per heavy atom. The lowest BCUT2D eigenvalue weighted by Gasteiger charge is -2.34. The highest BCUT2D eigenvalue weighted by molar-refractivity contribution is 9.10. The van der Waals surface area contributed by atoms with Gasteiger partial charge in [-0.05, 0) is 43.5 Å². The number of amides is 1. The highest BCUT2D eigenvalue weighted by atomic mass is 79.9. The van der Waals surface area contributed by atoms with Gasteiger partial charge in [-0.3, -0.25) is 15.1 Å². The zero-order valence-corrected chi connectivity index (χ0v) is 17.2. The van der Waals surface area contributed by atoms with Crippen molar-refractivity contribution in [2.24, 2.45) is 10.1 Å². The summed E-state index contributed by atoms with van der Waals surface area (Å²) < 4.78 is 6.51. The maximum absolute atomic E-state index is 12.9. The molecule has 2 aromatic carbocycles. The Bertz CT molecular complexity index is 1070. The molecule has 1 atom stereocenters. The number of nitrogens with one attached hydrogen (secondary N) is 1. The van der Waals surface area contributed by atoms with Gasteiger partial charge in [0.15, 0.2) is 11.3 Å². The number of rotatable bonds is 3. The molecule has 0 unspecified atom stereocenters. The summed E-state index contributed by atoms with van der Waals surface area (Å²) in [5, 5.41) is 11.2. The van der Waals surface area contributed by atoms with Crippen LogP contribution in [0.4, 0.5) is 0 Å². The van der Waals surface area contributed by atoms with Crippen LogP contribution in [0.5, 0.6) is 5.75 Å². The lowest BCUT2D eigenvalue weighted by atomic mass is 10.1. The number of thioether (sulfide) groups is 1. The second kappa shape index (κ2) is 7.36. The van der Waals surface area contributed by atoms with E-state index in [-0.39, 0.29) is 5.91 Å². The Morgan fingerprint density at radius 1 is 1.30 bits per heavy atom. The minimum absolute atomic E-state index is 0.186. The predicted octanol–water partition coefficient (Wildman–Crippen LogP) is 2.35. The van der Waals surface area contributed by atoms with E-state index in [4.69, 9.17) is 9.73 Å². The number of hydrazone groups is 1. The molecule has 1 N–H and O–H groups in total. The van der Waals surface area contributed by atoms with Gasteiger partial charge in [-0.15, -0.1) is 5.10 Å². The minimum Gasteiger partial charge on any atom is -0.494 e. The molecule has 0 radical (unpaired) electrons. The van der Waals surface area contributed by atoms with Crippen LogP contribution >= 0.6 is 27.7 Å². The molecule has 4 rings (SSSR count). The van der Waals surface area contributed by atoms with E-state index in [9.17, 15) is 4.79 Å². The number of amidine groups is 1. The van der Waals surface area contributed by atoms with Crippen LogP contribution in [0.2, 0.25) is 0 Å². The van der Waals surface area contributed by atoms with E-state index in [1.165, 1.54) is 11.8 Å². The molecule has 2 heterocycles. The van der Waals surface area contributed by atoms with Crippen molar-refractivity contribution in [2.45, 2.75) is 13.1 Å². The fourth-order valence-corrected chi connectivity index (χ4v) is 3.82. The molecule has 8 heteroatoms. The maximum atomic E-state index is 12.9. The zero-order valence-electron chi connectivity index (χ0n) is 14.8. The van der Waals surface area contributed by atoms with Crippen LogP contribution in [0.1, 0.15) is 18.7 Å². The van der Waals surface area contributed by atoms with Crippen LogP contribution in [0, 0.1) is 0 Å². The SMILES string of the molecule is CCOc1cccc([C@@H]2N=c3ccc(Br)cc3=C3C(=O)NC(SC)=NN32)c1. The lowest BCUT2D eigenvalue weighted by molar-refractivity contribution is -0.116. The molecule has 0 fully saturated rings. The van der Waals surface area contributed by atoms with Crippen molar-refractivity contribution < 1.29 is 9.53 Å². The first-order valence-corrected chi connectivity index (χ1v) is 10.5. The summed E-state index contributed by atoms with van der Waals surface area (Å²) in [6.45, 7) is 2.53. The van der Waals surface area contributed by atoms with Crippen molar-refractivity contribution in [1.29, 1.82) is 0 Å². The van der Waals surface area contributed by atoms with Crippen molar-refractivity contribution in [1.82, 2.24) is 10.3 Å². The first-order chi connectivity index (χ1) is 13.1. The van der Waals surface area contributed by atoms with Crippen LogP contribution in [-0.4, -0.2) is 28.9 Å². The second-order valence-corrected chi connectivity index (χ2v) is 7.64. The molecule has 1 amide bonds. The topological polar surface area (TPSA) is 66.3 Å². The van der Waals surface area contributed by atoms with Gasteiger partial charge in [0.05, 0.1) is 12.0 Å². The Labute approximate surface area is 169 Å². The van der Waals surface area contributed by atoms with Crippen LogP contribution in [0.25, 0.3) is 5.70 Å². The normalized spacial score (nSPS) is 18.1. The van der Waals surface area contributed by atoms with E-state index < -0.39 is 6.17 Å². The number of benzene rings is 2. The molecule has 0 aliphatic carbocycles. The number of carbonyl (C=O) groups excluding carboxylic acids is 1. The van der Waals surface area contributed by atoms with Gasteiger partial charge in [-0.1, -0.05) is 39.8 Å². The largest absolute Gasteiger partial charge is 0.494 e. The van der Waals surface area contributed by atoms with Crippen LogP contribution in [0.15, 0.2) is 57.0 Å². The number of hydrogen-bond acceptors (Lipinski definition) is 6. The van der Waals surface area contributed by atoms with E-state index in [0.29, 0.717) is 17.5 Å². The third-order valence-corrected chi connectivity index (χ3v) is 5.29. The quantitative estimate of drug-likeness (QED) is 0.788. The van der Waals surface area contributed by atoms with Crippen LogP contribution < -0.4 is 20.6 Å². The smallest absolute Gasteiger partial charge is 0.276 e. The third kappa shape index (κ3) is 3.35. The van der Waals surface area contributed by atoms with Gasteiger partial charge < -0.3 is 4.74 Å². The molecule has 0 saturated heterocycles. The van der Waals surface area contributed by atoms with Crippen molar-refractivity contribution in [3.63, 3.8) is 0 Å². The molecular formula is C19H17BrN4O2S. The number of carbonyl (C=O) groups is 1. The highest BCUT2D eigenvalue weighted by Gasteiger charge is 2.34. The van der Waals surface area contributed by atoms with Gasteiger partial charge in [0.25, 0.3) is 5.91 Å². The molecule has 2 aliphatic heterocycles. The van der Waals surface area contributed by atoms with Gasteiger partial charge in [-0.25, -0.2) is 5.01 Å². The van der Waals surface area contributed by atoms with Gasteiger partial charge in [0, 0.05) is 15.3 Å². The minimum atomic E-state index is -0.442. The van der Waals surface area contributed by atoms with Crippen molar-refractivity contribution >= 4 is 44.5 Å². The summed E-state index contributed by atoms with van der Waals surface area (Å²) in [5.74, 6) is 0.582. The first kappa shape index (κ1) is 18.1. The average molecular weight is 445 g/mol. The number of nitrogens with zero attached hydrogens (tertiary/aromatic N) is 3. The molecule has 0 spiro atoms. The van der Waals surface area contributed by atoms with Gasteiger partial charge in [-0.2, -0.15) is 0 Å². The van der Waals surface area contributed by atoms with Crippen molar-refractivity contribution in [2.75, 3.05) is 12.9 Å². The van der Waals surface area contributed by atoms with Gasteiger partial charge in [0.2, 0.25) is 0 Å². The molecule has 2 aliphatic rings. The zero-order chi connectivity index (χ0) is 19.0. The Kier molecular flexibility index (Phi) is 4.92. The summed E-state index contributed by atoms with van der Waals surface area (Å²) in [6, 6.07) is 13.5. The molecule has 2 aromatic rings. The maximum Gasteiger partial charge on any atom is 0.276 e. The van der Waals surface area contributed by atoms with Gasteiger partial charge in [0.1, 0.15) is 11.4 Å². The predicted molar refractivity (Wildman–Crippen MR) is 110 cm³/mol. The monoisotopic (exact) mass is 444 g/mol. The number of halogens is 1. The third-order valence-electron chi connectivity index (χ3n) is 4.23. The van der Waals surface area contributed by atoms with Gasteiger partial charge >= 0.3 is 0 Å². The molecule has 0 aromatic heterocycles. The molecular weight excluding hydrogens is 428 g/mol. The standard InChI is InChI=1S/C19H17BrN4O2S/c1-3-26-13-6-4-5-11(9-13)17-21-15-8-7-12(20)10-14(15)16-18(25)22-19(27-2)23-24(16)17/h4-10,17H,3H2,1-2H3,(H,22,23,25)/t17-/m1/s1. The van der Waals surface area contributed by atoms with E-state index in [0.717, 1.165) is 26.4 Å². The Balaban J connectivity index is 1.94. The first-order valence-electron chi connectivity index (χ1n) is 8.44. The van der Waals surface area contributed by atoms with E-state index in [1.807, 2.05) is 55.6 Å². The second-order valence-electron chi connectivity index (χ2n) is 5.93. The highest BCUT2D eigenvalue weighted by Crippen LogP contribution is 2.32. The van der Waals surface area contributed by atoms with Crippen LogP contribution in [0.3, 0.4) is 0 Å². The Hall–Kier alpha value is -2.32. The molecule has 0 bridgehead atoms. The fraction of sp³-hybridized carbons (Fsp3) is 0.211. The van der Waals surface area contributed by atoms with E-state index in [1.54, 1.807) is 5.01 Å². The molecule has 27 heavy (non-hydrogen) atoms. The number of hydrogen-bond donors (Lipinski definition) is 1. The van der Waals surface area contributed by atoms with E-state index in [2.05, 4.69) is 26.3 Å². The molecule has 138 valence electrons. The van der Waals surface area contributed by atoms with Crippen molar-refractivity contribution in [3.8, 4) is 5.75 Å². The average Bonchev–Trinajstić information content (AvgIpc) is 2.67. The lowest BCUT2D eigenvalue weighted by Crippen LogP contribution is -2.50. The van der Waals surface area contributed by atoms with Crippen molar-refractivity contribution in [3.05, 3.63) is 63.1 Å². The number of ether oxygens (including phenoxy) is 1. The summed E-state index contributed by atoms with van der Waals surface area (Å²) in [7, 11) is 0. The summed E-state index contributed by atoms with van der Waals surface area (Å²) >= 11 is 4.86. The molecule has 0 saturated carbocycles. The number of fused-ring (bicyclic) bond motifs is 2. The summed E-state index contributed by atoms with van der Waals surface area (Å²) in [4.78, 5) is 17.7. The van der Waals surface area contributed by atoms with E-state index >= 15 is 0 Å². The molecule has 6 nitrogen and oxygen atoms in total. The summed E-state index contributed by atoms with van der Waals surface area (Å²) in [6.07, 6.45) is 1.43. The van der Waals surface area contributed by atoms with Crippen LogP contribution in [-0.2, 0) is 4.79 Å². The Morgan fingerprint density at radius 3 is 2.93 bits per heavy atom.